The third-order valence-electron chi connectivity index (χ3n) is 2.56. The quantitative estimate of drug-likeness (QED) is 0.653. The van der Waals surface area contributed by atoms with Gasteiger partial charge in [-0.05, 0) is 28.8 Å². The Balaban J connectivity index is 2.66. The molecule has 0 saturated carbocycles. The van der Waals surface area contributed by atoms with E-state index in [2.05, 4.69) is 49.4 Å². The number of hydrogen-bond donors (Lipinski definition) is 0. The van der Waals surface area contributed by atoms with E-state index in [0.717, 1.165) is 0 Å². The molecule has 0 N–H and O–H groups in total. The summed E-state index contributed by atoms with van der Waals surface area (Å²) in [5.41, 5.74) is 2.55. The van der Waals surface area contributed by atoms with Gasteiger partial charge in [-0.3, -0.25) is 0 Å². The second kappa shape index (κ2) is 4.50. The van der Waals surface area contributed by atoms with Gasteiger partial charge in [-0.1, -0.05) is 48.6 Å². The van der Waals surface area contributed by atoms with Crippen LogP contribution in [0.3, 0.4) is 0 Å². The molecule has 0 spiro atoms. The number of halogens is 1. The maximum Gasteiger partial charge on any atom is 0.0407 e. The van der Waals surface area contributed by atoms with Gasteiger partial charge in [-0.2, -0.15) is 0 Å². The van der Waals surface area contributed by atoms with Crippen molar-refractivity contribution in [3.63, 3.8) is 0 Å². The zero-order chi connectivity index (χ0) is 10.7. The largest absolute Gasteiger partial charge is 0.122 e. The molecule has 0 aromatic heterocycles. The molecule has 0 amide bonds. The van der Waals surface area contributed by atoms with Gasteiger partial charge in [0.1, 0.15) is 0 Å². The molecule has 0 aliphatic heterocycles. The molecule has 0 unspecified atom stereocenters. The van der Waals surface area contributed by atoms with Crippen LogP contribution >= 0.6 is 11.6 Å². The first-order chi connectivity index (χ1) is 7.33. The summed E-state index contributed by atoms with van der Waals surface area (Å²) in [7, 11) is 0. The predicted octanol–water partition coefficient (Wildman–Crippen LogP) is 4.40. The molecule has 2 rings (SSSR count). The second-order valence-corrected chi connectivity index (χ2v) is 3.88. The lowest BCUT2D eigenvalue weighted by molar-refractivity contribution is 1.52. The molecule has 2 aromatic rings. The average Bonchev–Trinajstić information content (AvgIpc) is 2.29. The van der Waals surface area contributed by atoms with Crippen molar-refractivity contribution in [2.24, 2.45) is 0 Å². The Hall–Kier alpha value is -1.27. The molecular formula is C14H13Cl. The van der Waals surface area contributed by atoms with Crippen LogP contribution in [0.1, 0.15) is 11.1 Å². The van der Waals surface area contributed by atoms with E-state index >= 15 is 0 Å². The molecule has 15 heavy (non-hydrogen) atoms. The predicted molar refractivity (Wildman–Crippen MR) is 68.4 cm³/mol. The minimum atomic E-state index is 0.558. The topological polar surface area (TPSA) is 0 Å². The lowest BCUT2D eigenvalue weighted by atomic mass is 10.0. The first kappa shape index (κ1) is 10.3. The number of hydrogen-bond acceptors (Lipinski definition) is 0. The summed E-state index contributed by atoms with van der Waals surface area (Å²) in [5.74, 6) is 0.558. The van der Waals surface area contributed by atoms with Crippen molar-refractivity contribution in [2.45, 2.75) is 6.92 Å². The van der Waals surface area contributed by atoms with Crippen LogP contribution in [-0.2, 0) is 0 Å². The van der Waals surface area contributed by atoms with Crippen LogP contribution in [0.2, 0.25) is 0 Å². The van der Waals surface area contributed by atoms with Gasteiger partial charge in [0, 0.05) is 5.88 Å². The number of rotatable bonds is 2. The minimum absolute atomic E-state index is 0.558. The van der Waals surface area contributed by atoms with E-state index in [4.69, 9.17) is 11.6 Å². The maximum atomic E-state index is 5.65. The number of alkyl halides is 1. The lowest BCUT2D eigenvalue weighted by Crippen LogP contribution is -1.82. The Bertz CT molecular complexity index is 498. The highest BCUT2D eigenvalue weighted by molar-refractivity contribution is 6.19. The van der Waals surface area contributed by atoms with Crippen molar-refractivity contribution in [3.05, 3.63) is 53.6 Å². The fourth-order valence-electron chi connectivity index (χ4n) is 1.79. The van der Waals surface area contributed by atoms with Crippen LogP contribution in [-0.4, -0.2) is 5.88 Å². The highest BCUT2D eigenvalue weighted by Crippen LogP contribution is 2.23. The lowest BCUT2D eigenvalue weighted by Gasteiger charge is -2.05. The van der Waals surface area contributed by atoms with Crippen LogP contribution in [0.5, 0.6) is 0 Å². The van der Waals surface area contributed by atoms with Crippen LogP contribution in [0.4, 0.5) is 0 Å². The van der Waals surface area contributed by atoms with Crippen LogP contribution in [0.25, 0.3) is 16.8 Å². The van der Waals surface area contributed by atoms with E-state index in [1.54, 1.807) is 0 Å². The third-order valence-corrected chi connectivity index (χ3v) is 2.74. The van der Waals surface area contributed by atoms with Crippen molar-refractivity contribution < 1.29 is 0 Å². The van der Waals surface area contributed by atoms with Crippen molar-refractivity contribution in [3.8, 4) is 0 Å². The summed E-state index contributed by atoms with van der Waals surface area (Å²) < 4.78 is 0. The van der Waals surface area contributed by atoms with E-state index in [-0.39, 0.29) is 0 Å². The highest BCUT2D eigenvalue weighted by atomic mass is 35.5. The SMILES string of the molecule is Cc1ccc(C=CCCl)c2ccccc12. The fourth-order valence-corrected chi connectivity index (χ4v) is 1.88. The first-order valence-electron chi connectivity index (χ1n) is 5.04. The molecule has 0 aliphatic carbocycles. The van der Waals surface area contributed by atoms with Gasteiger partial charge >= 0.3 is 0 Å². The minimum Gasteiger partial charge on any atom is -0.122 e. The summed E-state index contributed by atoms with van der Waals surface area (Å²) in [4.78, 5) is 0. The summed E-state index contributed by atoms with van der Waals surface area (Å²) >= 11 is 5.65. The summed E-state index contributed by atoms with van der Waals surface area (Å²) in [5, 5.41) is 2.60. The number of fused-ring (bicyclic) bond motifs is 1. The summed E-state index contributed by atoms with van der Waals surface area (Å²) in [6.45, 7) is 2.14. The molecule has 0 fully saturated rings. The standard InChI is InChI=1S/C14H13Cl/c1-11-8-9-12(5-4-10-15)14-7-3-2-6-13(11)14/h2-9H,10H2,1H3. The van der Waals surface area contributed by atoms with E-state index in [1.807, 2.05) is 6.08 Å². The Kier molecular flexibility index (Phi) is 3.08. The number of benzene rings is 2. The zero-order valence-electron chi connectivity index (χ0n) is 8.70. The Labute approximate surface area is 95.2 Å². The van der Waals surface area contributed by atoms with E-state index < -0.39 is 0 Å². The first-order valence-corrected chi connectivity index (χ1v) is 5.57. The molecule has 0 aliphatic rings. The van der Waals surface area contributed by atoms with Gasteiger partial charge in [-0.25, -0.2) is 0 Å². The van der Waals surface area contributed by atoms with Gasteiger partial charge in [0.05, 0.1) is 0 Å². The molecule has 0 atom stereocenters. The van der Waals surface area contributed by atoms with Gasteiger partial charge < -0.3 is 0 Å². The number of aryl methyl sites for hydroxylation is 1. The zero-order valence-corrected chi connectivity index (χ0v) is 9.46. The normalized spacial score (nSPS) is 11.3. The Morgan fingerprint density at radius 1 is 1.07 bits per heavy atom. The van der Waals surface area contributed by atoms with Gasteiger partial charge in [-0.15, -0.1) is 11.6 Å². The average molecular weight is 217 g/mol. The Morgan fingerprint density at radius 3 is 2.53 bits per heavy atom. The molecule has 0 heterocycles. The molecule has 0 saturated heterocycles. The van der Waals surface area contributed by atoms with Crippen molar-refractivity contribution >= 4 is 28.4 Å². The summed E-state index contributed by atoms with van der Waals surface area (Å²) in [6, 6.07) is 12.7. The molecule has 0 radical (unpaired) electrons. The molecule has 76 valence electrons. The number of allylic oxidation sites excluding steroid dienone is 1. The highest BCUT2D eigenvalue weighted by Gasteiger charge is 1.99. The summed E-state index contributed by atoms with van der Waals surface area (Å²) in [6.07, 6.45) is 4.05. The van der Waals surface area contributed by atoms with Gasteiger partial charge in [0.15, 0.2) is 0 Å². The van der Waals surface area contributed by atoms with Crippen LogP contribution in [0.15, 0.2) is 42.5 Å². The molecule has 1 heteroatoms. The molecule has 0 nitrogen and oxygen atoms in total. The fraction of sp³-hybridized carbons (Fsp3) is 0.143. The Morgan fingerprint density at radius 2 is 1.80 bits per heavy atom. The van der Waals surface area contributed by atoms with Crippen LogP contribution < -0.4 is 0 Å². The van der Waals surface area contributed by atoms with E-state index in [1.165, 1.54) is 21.9 Å². The van der Waals surface area contributed by atoms with E-state index in [9.17, 15) is 0 Å². The maximum absolute atomic E-state index is 5.65. The second-order valence-electron chi connectivity index (χ2n) is 3.57. The monoisotopic (exact) mass is 216 g/mol. The smallest absolute Gasteiger partial charge is 0.0407 e. The van der Waals surface area contributed by atoms with Crippen molar-refractivity contribution in [2.75, 3.05) is 5.88 Å². The van der Waals surface area contributed by atoms with Gasteiger partial charge in [0.25, 0.3) is 0 Å². The molecular weight excluding hydrogens is 204 g/mol. The van der Waals surface area contributed by atoms with Gasteiger partial charge in [0.2, 0.25) is 0 Å². The third kappa shape index (κ3) is 2.05. The molecule has 0 bridgehead atoms. The molecule has 2 aromatic carbocycles. The van der Waals surface area contributed by atoms with Crippen LogP contribution in [0, 0.1) is 6.92 Å². The van der Waals surface area contributed by atoms with Crippen molar-refractivity contribution in [1.29, 1.82) is 0 Å². The van der Waals surface area contributed by atoms with Crippen molar-refractivity contribution in [1.82, 2.24) is 0 Å². The van der Waals surface area contributed by atoms with E-state index in [0.29, 0.717) is 5.88 Å².